The molecule has 14 rings (SSSR count). The lowest BCUT2D eigenvalue weighted by atomic mass is 9.42. The third kappa shape index (κ3) is 4.86. The molecule has 4 fully saturated rings. The molecule has 7 aromatic carbocycles. The first kappa shape index (κ1) is 33.3. The SMILES string of the molecule is c1ccc(-c2ccc(-c3nc(-c4ccccc4)nc(-c4cccc5c4-c4cccc(-c6cccc7c6oc6ccccc67)c4C54C5CC6CC(C5)CC4C6)n3)cc2)cc1. The number of aromatic nitrogens is 3. The summed E-state index contributed by atoms with van der Waals surface area (Å²) >= 11 is 0. The summed E-state index contributed by atoms with van der Waals surface area (Å²) in [6.45, 7) is 0. The maximum atomic E-state index is 6.78. The van der Waals surface area contributed by atoms with E-state index in [1.165, 1.54) is 87.4 Å². The Balaban J connectivity index is 1.05. The number of fused-ring (bicyclic) bond motifs is 6. The molecule has 0 aliphatic heterocycles. The average molecular weight is 760 g/mol. The highest BCUT2D eigenvalue weighted by Crippen LogP contribution is 2.71. The van der Waals surface area contributed by atoms with Crippen molar-refractivity contribution in [3.63, 3.8) is 0 Å². The van der Waals surface area contributed by atoms with Crippen LogP contribution < -0.4 is 0 Å². The quantitative estimate of drug-likeness (QED) is 0.175. The lowest BCUT2D eigenvalue weighted by molar-refractivity contribution is -0.0397. The van der Waals surface area contributed by atoms with Gasteiger partial charge in [-0.25, -0.2) is 15.0 Å². The van der Waals surface area contributed by atoms with Gasteiger partial charge in [-0.05, 0) is 101 Å². The molecule has 0 atom stereocenters. The predicted octanol–water partition coefficient (Wildman–Crippen LogP) is 13.8. The molecule has 4 bridgehead atoms. The number of rotatable bonds is 5. The Kier molecular flexibility index (Phi) is 7.16. The number of nitrogens with zero attached hydrogens (tertiary/aromatic N) is 3. The van der Waals surface area contributed by atoms with Gasteiger partial charge in [-0.15, -0.1) is 0 Å². The Labute approximate surface area is 343 Å². The van der Waals surface area contributed by atoms with Crippen molar-refractivity contribution in [2.24, 2.45) is 23.7 Å². The summed E-state index contributed by atoms with van der Waals surface area (Å²) in [7, 11) is 0. The Hall–Kier alpha value is -6.65. The molecule has 282 valence electrons. The number of hydrogen-bond donors (Lipinski definition) is 0. The molecular weight excluding hydrogens is 719 g/mol. The summed E-state index contributed by atoms with van der Waals surface area (Å²) in [4.78, 5) is 15.9. The second-order valence-corrected chi connectivity index (χ2v) is 17.5. The smallest absolute Gasteiger partial charge is 0.164 e. The number of hydrogen-bond acceptors (Lipinski definition) is 4. The van der Waals surface area contributed by atoms with Crippen LogP contribution in [-0.2, 0) is 5.41 Å². The fourth-order valence-electron chi connectivity index (χ4n) is 12.5. The zero-order chi connectivity index (χ0) is 38.7. The first-order chi connectivity index (χ1) is 29.2. The Morgan fingerprint density at radius 3 is 1.68 bits per heavy atom. The largest absolute Gasteiger partial charge is 0.455 e. The van der Waals surface area contributed by atoms with Gasteiger partial charge >= 0.3 is 0 Å². The Morgan fingerprint density at radius 1 is 0.407 bits per heavy atom. The normalized spacial score (nSPS) is 22.3. The summed E-state index contributed by atoms with van der Waals surface area (Å²) in [5, 5.41) is 2.34. The summed E-state index contributed by atoms with van der Waals surface area (Å²) in [6.07, 6.45) is 6.60. The molecule has 9 aromatic rings. The minimum atomic E-state index is -0.0930. The van der Waals surface area contributed by atoms with Crippen LogP contribution in [0.3, 0.4) is 0 Å². The average Bonchev–Trinajstić information content (AvgIpc) is 3.83. The van der Waals surface area contributed by atoms with Crippen LogP contribution in [0.25, 0.3) is 89.5 Å². The molecule has 0 unspecified atom stereocenters. The van der Waals surface area contributed by atoms with Crippen LogP contribution in [0.4, 0.5) is 0 Å². The first-order valence-corrected chi connectivity index (χ1v) is 21.4. The minimum absolute atomic E-state index is 0.0930. The van der Waals surface area contributed by atoms with Crippen LogP contribution in [0.1, 0.15) is 43.2 Å². The van der Waals surface area contributed by atoms with Crippen LogP contribution >= 0.6 is 0 Å². The van der Waals surface area contributed by atoms with Gasteiger partial charge < -0.3 is 4.42 Å². The molecule has 5 aliphatic rings. The molecule has 5 aliphatic carbocycles. The third-order valence-electron chi connectivity index (χ3n) is 14.5. The first-order valence-electron chi connectivity index (χ1n) is 21.4. The van der Waals surface area contributed by atoms with E-state index in [1.807, 2.05) is 6.07 Å². The van der Waals surface area contributed by atoms with E-state index in [0.717, 1.165) is 45.5 Å². The molecule has 0 radical (unpaired) electrons. The molecule has 4 saturated carbocycles. The van der Waals surface area contributed by atoms with Crippen molar-refractivity contribution in [3.05, 3.63) is 175 Å². The van der Waals surface area contributed by atoms with E-state index in [1.54, 1.807) is 0 Å². The maximum absolute atomic E-state index is 6.78. The fourth-order valence-corrected chi connectivity index (χ4v) is 12.5. The topological polar surface area (TPSA) is 51.8 Å². The van der Waals surface area contributed by atoms with Crippen molar-refractivity contribution in [3.8, 4) is 67.5 Å². The highest BCUT2D eigenvalue weighted by Gasteiger charge is 2.62. The van der Waals surface area contributed by atoms with Gasteiger partial charge in [-0.2, -0.15) is 0 Å². The van der Waals surface area contributed by atoms with E-state index in [-0.39, 0.29) is 5.41 Å². The van der Waals surface area contributed by atoms with Crippen molar-refractivity contribution in [1.82, 2.24) is 15.0 Å². The van der Waals surface area contributed by atoms with E-state index < -0.39 is 0 Å². The lowest BCUT2D eigenvalue weighted by Crippen LogP contribution is -2.55. The molecule has 0 N–H and O–H groups in total. The van der Waals surface area contributed by atoms with Crippen molar-refractivity contribution < 1.29 is 4.42 Å². The maximum Gasteiger partial charge on any atom is 0.164 e. The summed E-state index contributed by atoms with van der Waals surface area (Å²) in [5.41, 5.74) is 15.3. The van der Waals surface area contributed by atoms with Crippen LogP contribution in [0.5, 0.6) is 0 Å². The highest BCUT2D eigenvalue weighted by atomic mass is 16.3. The molecule has 1 spiro atoms. The van der Waals surface area contributed by atoms with Gasteiger partial charge in [0.25, 0.3) is 0 Å². The van der Waals surface area contributed by atoms with Gasteiger partial charge in [0.2, 0.25) is 0 Å². The summed E-state index contributed by atoms with van der Waals surface area (Å²) < 4.78 is 6.78. The van der Waals surface area contributed by atoms with Crippen LogP contribution in [0.15, 0.2) is 168 Å². The molecule has 2 heterocycles. The van der Waals surface area contributed by atoms with Gasteiger partial charge in [0.05, 0.1) is 0 Å². The van der Waals surface area contributed by atoms with Crippen LogP contribution in [-0.4, -0.2) is 15.0 Å². The van der Waals surface area contributed by atoms with Gasteiger partial charge in [-0.3, -0.25) is 0 Å². The molecule has 4 heteroatoms. The van der Waals surface area contributed by atoms with E-state index >= 15 is 0 Å². The van der Waals surface area contributed by atoms with Crippen molar-refractivity contribution in [2.45, 2.75) is 37.5 Å². The molecule has 59 heavy (non-hydrogen) atoms. The zero-order valence-corrected chi connectivity index (χ0v) is 32.7. The van der Waals surface area contributed by atoms with E-state index in [4.69, 9.17) is 19.4 Å². The number of furan rings is 1. The number of benzene rings is 7. The summed E-state index contributed by atoms with van der Waals surface area (Å²) in [5.74, 6) is 4.91. The van der Waals surface area contributed by atoms with Gasteiger partial charge in [0, 0.05) is 38.4 Å². The fraction of sp³-hybridized carbons (Fsp3) is 0.182. The van der Waals surface area contributed by atoms with Gasteiger partial charge in [-0.1, -0.05) is 158 Å². The monoisotopic (exact) mass is 759 g/mol. The Morgan fingerprint density at radius 2 is 0.932 bits per heavy atom. The van der Waals surface area contributed by atoms with E-state index in [2.05, 4.69) is 158 Å². The van der Waals surface area contributed by atoms with Crippen molar-refractivity contribution in [2.75, 3.05) is 0 Å². The standard InChI is InChI=1S/C55H41N3O/c1-3-12-35(13-4-1)36-24-26-38(27-25-36)53-56-52(37-14-5-2-6-15-37)57-54(58-53)46-21-11-22-47-49(46)45-20-9-17-42(44-19-10-18-43-41-16-7-8-23-48(41)59-51(43)44)50(45)55(47)39-29-33-28-34(31-39)32-40(55)30-33/h1-27,33-34,39-40H,28-32H2. The molecule has 0 saturated heterocycles. The molecule has 2 aromatic heterocycles. The van der Waals surface area contributed by atoms with Crippen molar-refractivity contribution in [1.29, 1.82) is 0 Å². The predicted molar refractivity (Wildman–Crippen MR) is 238 cm³/mol. The lowest BCUT2D eigenvalue weighted by Gasteiger charge is -2.61. The molecule has 0 amide bonds. The number of para-hydroxylation sites is 2. The molecular formula is C55H41N3O. The second-order valence-electron chi connectivity index (χ2n) is 17.5. The van der Waals surface area contributed by atoms with Gasteiger partial charge in [0.1, 0.15) is 11.2 Å². The third-order valence-corrected chi connectivity index (χ3v) is 14.5. The van der Waals surface area contributed by atoms with E-state index in [0.29, 0.717) is 23.5 Å². The minimum Gasteiger partial charge on any atom is -0.455 e. The van der Waals surface area contributed by atoms with Gasteiger partial charge in [0.15, 0.2) is 17.5 Å². The van der Waals surface area contributed by atoms with Crippen LogP contribution in [0, 0.1) is 23.7 Å². The van der Waals surface area contributed by atoms with Crippen LogP contribution in [0.2, 0.25) is 0 Å². The van der Waals surface area contributed by atoms with Crippen molar-refractivity contribution >= 4 is 21.9 Å². The molecule has 4 nitrogen and oxygen atoms in total. The Bertz CT molecular complexity index is 3080. The second kappa shape index (κ2) is 12.7. The highest BCUT2D eigenvalue weighted by molar-refractivity contribution is 6.10. The zero-order valence-electron chi connectivity index (χ0n) is 32.7. The van der Waals surface area contributed by atoms with E-state index in [9.17, 15) is 0 Å². The summed E-state index contributed by atoms with van der Waals surface area (Å²) in [6, 6.07) is 58.8.